The van der Waals surface area contributed by atoms with Crippen molar-refractivity contribution in [2.45, 2.75) is 26.4 Å². The molecule has 3 nitrogen and oxygen atoms in total. The molecule has 4 heteroatoms. The van der Waals surface area contributed by atoms with Crippen LogP contribution in [0.25, 0.3) is 11.0 Å². The molecule has 0 fully saturated rings. The fourth-order valence-electron chi connectivity index (χ4n) is 1.61. The van der Waals surface area contributed by atoms with E-state index in [1.165, 1.54) is 0 Å². The van der Waals surface area contributed by atoms with Crippen molar-refractivity contribution >= 4 is 23.7 Å². The van der Waals surface area contributed by atoms with E-state index in [0.29, 0.717) is 0 Å². The van der Waals surface area contributed by atoms with Crippen molar-refractivity contribution in [2.24, 2.45) is 0 Å². The first kappa shape index (κ1) is 11.3. The number of nitrogens with one attached hydrogen (secondary N) is 1. The molecule has 0 amide bonds. The van der Waals surface area contributed by atoms with Gasteiger partial charge in [-0.2, -0.15) is 12.6 Å². The summed E-state index contributed by atoms with van der Waals surface area (Å²) in [4.78, 5) is 7.73. The van der Waals surface area contributed by atoms with Crippen LogP contribution in [0.3, 0.4) is 0 Å². The van der Waals surface area contributed by atoms with Crippen molar-refractivity contribution < 1.29 is 4.74 Å². The average Bonchev–Trinajstić information content (AvgIpc) is 2.59. The summed E-state index contributed by atoms with van der Waals surface area (Å²) in [6.45, 7) is 4.03. The molecule has 0 atom stereocenters. The fourth-order valence-corrected chi connectivity index (χ4v) is 1.82. The minimum atomic E-state index is 0.192. The molecular weight excluding hydrogens is 220 g/mol. The van der Waals surface area contributed by atoms with Crippen molar-refractivity contribution in [2.75, 3.05) is 5.75 Å². The molecule has 1 aromatic heterocycles. The number of rotatable bonds is 4. The fraction of sp³-hybridized carbons (Fsp3) is 0.417. The van der Waals surface area contributed by atoms with Crippen molar-refractivity contribution in [3.63, 3.8) is 0 Å². The molecule has 0 aliphatic heterocycles. The van der Waals surface area contributed by atoms with Gasteiger partial charge in [-0.15, -0.1) is 0 Å². The zero-order chi connectivity index (χ0) is 11.5. The maximum atomic E-state index is 5.63. The molecule has 0 radical (unpaired) electrons. The zero-order valence-electron chi connectivity index (χ0n) is 9.53. The van der Waals surface area contributed by atoms with Gasteiger partial charge in [0.2, 0.25) is 0 Å². The Morgan fingerprint density at radius 2 is 2.25 bits per heavy atom. The number of benzene rings is 1. The maximum Gasteiger partial charge on any atom is 0.121 e. The van der Waals surface area contributed by atoms with E-state index in [1.807, 2.05) is 32.0 Å². The summed E-state index contributed by atoms with van der Waals surface area (Å²) in [6.07, 6.45) is 1.05. The summed E-state index contributed by atoms with van der Waals surface area (Å²) in [6, 6.07) is 5.92. The monoisotopic (exact) mass is 236 g/mol. The van der Waals surface area contributed by atoms with E-state index in [9.17, 15) is 0 Å². The second-order valence-corrected chi connectivity index (χ2v) is 4.45. The average molecular weight is 236 g/mol. The number of aromatic nitrogens is 2. The number of fused-ring (bicyclic) bond motifs is 1. The number of ether oxygens (including phenoxy) is 1. The Kier molecular flexibility index (Phi) is 3.39. The van der Waals surface area contributed by atoms with E-state index in [4.69, 9.17) is 4.74 Å². The van der Waals surface area contributed by atoms with Crippen LogP contribution in [0.5, 0.6) is 5.75 Å². The molecular formula is C12H16N2OS. The van der Waals surface area contributed by atoms with Crippen LogP contribution in [0.4, 0.5) is 0 Å². The third-order valence-corrected chi connectivity index (χ3v) is 2.45. The van der Waals surface area contributed by atoms with Crippen LogP contribution in [0.15, 0.2) is 18.2 Å². The van der Waals surface area contributed by atoms with Crippen molar-refractivity contribution in [3.8, 4) is 5.75 Å². The third-order valence-electron chi connectivity index (χ3n) is 2.22. The molecule has 86 valence electrons. The summed E-state index contributed by atoms with van der Waals surface area (Å²) >= 11 is 4.19. The van der Waals surface area contributed by atoms with E-state index in [2.05, 4.69) is 22.6 Å². The van der Waals surface area contributed by atoms with Crippen LogP contribution in [0, 0.1) is 0 Å². The van der Waals surface area contributed by atoms with Crippen LogP contribution >= 0.6 is 12.6 Å². The SMILES string of the molecule is CC(C)Oc1ccc2nc(CCS)[nH]c2c1. The van der Waals surface area contributed by atoms with E-state index in [0.717, 1.165) is 34.8 Å². The smallest absolute Gasteiger partial charge is 0.121 e. The van der Waals surface area contributed by atoms with Crippen molar-refractivity contribution in [3.05, 3.63) is 24.0 Å². The molecule has 0 bridgehead atoms. The second kappa shape index (κ2) is 4.78. The van der Waals surface area contributed by atoms with Crippen LogP contribution in [-0.4, -0.2) is 21.8 Å². The van der Waals surface area contributed by atoms with Crippen LogP contribution in [0.2, 0.25) is 0 Å². The molecule has 2 rings (SSSR count). The Morgan fingerprint density at radius 1 is 1.44 bits per heavy atom. The van der Waals surface area contributed by atoms with E-state index >= 15 is 0 Å². The molecule has 0 unspecified atom stereocenters. The summed E-state index contributed by atoms with van der Waals surface area (Å²) in [5.41, 5.74) is 2.00. The Bertz CT molecular complexity index is 479. The highest BCUT2D eigenvalue weighted by atomic mass is 32.1. The van der Waals surface area contributed by atoms with Gasteiger partial charge in [0.15, 0.2) is 0 Å². The third kappa shape index (κ3) is 2.50. The number of thiol groups is 1. The number of nitrogens with zero attached hydrogens (tertiary/aromatic N) is 1. The van der Waals surface area contributed by atoms with Crippen LogP contribution in [-0.2, 0) is 6.42 Å². The molecule has 1 N–H and O–H groups in total. The lowest BCUT2D eigenvalue weighted by Gasteiger charge is -2.08. The van der Waals surface area contributed by atoms with Gasteiger partial charge in [0.25, 0.3) is 0 Å². The second-order valence-electron chi connectivity index (χ2n) is 4.00. The minimum Gasteiger partial charge on any atom is -0.491 e. The summed E-state index contributed by atoms with van der Waals surface area (Å²) < 4.78 is 5.63. The van der Waals surface area contributed by atoms with Gasteiger partial charge in [0.1, 0.15) is 11.6 Å². The topological polar surface area (TPSA) is 37.9 Å². The van der Waals surface area contributed by atoms with Gasteiger partial charge in [0, 0.05) is 12.5 Å². The van der Waals surface area contributed by atoms with E-state index in [-0.39, 0.29) is 6.10 Å². The number of hydrogen-bond donors (Lipinski definition) is 2. The minimum absolute atomic E-state index is 0.192. The molecule has 0 aliphatic carbocycles. The Labute approximate surface area is 101 Å². The van der Waals surface area contributed by atoms with Gasteiger partial charge in [-0.05, 0) is 31.7 Å². The molecule has 0 saturated heterocycles. The summed E-state index contributed by atoms with van der Waals surface area (Å²) in [5, 5.41) is 0. The van der Waals surface area contributed by atoms with E-state index < -0.39 is 0 Å². The quantitative estimate of drug-likeness (QED) is 0.801. The first-order chi connectivity index (χ1) is 7.69. The molecule has 1 heterocycles. The van der Waals surface area contributed by atoms with Gasteiger partial charge < -0.3 is 9.72 Å². The molecule has 1 aromatic carbocycles. The first-order valence-corrected chi connectivity index (χ1v) is 6.08. The summed E-state index contributed by atoms with van der Waals surface area (Å²) in [7, 11) is 0. The Morgan fingerprint density at radius 3 is 2.94 bits per heavy atom. The van der Waals surface area contributed by atoms with Gasteiger partial charge in [-0.3, -0.25) is 0 Å². The Balaban J connectivity index is 2.30. The van der Waals surface area contributed by atoms with Crippen LogP contribution in [0.1, 0.15) is 19.7 Å². The lowest BCUT2D eigenvalue weighted by atomic mass is 10.3. The number of H-pyrrole nitrogens is 1. The Hall–Kier alpha value is -1.16. The van der Waals surface area contributed by atoms with Gasteiger partial charge in [-0.25, -0.2) is 4.98 Å². The van der Waals surface area contributed by atoms with Gasteiger partial charge in [-0.1, -0.05) is 0 Å². The molecule has 2 aromatic rings. The predicted octanol–water partition coefficient (Wildman–Crippen LogP) is 2.82. The highest BCUT2D eigenvalue weighted by molar-refractivity contribution is 7.80. The number of aryl methyl sites for hydroxylation is 1. The molecule has 0 saturated carbocycles. The highest BCUT2D eigenvalue weighted by Crippen LogP contribution is 2.20. The van der Waals surface area contributed by atoms with Crippen LogP contribution < -0.4 is 4.74 Å². The van der Waals surface area contributed by atoms with E-state index in [1.54, 1.807) is 0 Å². The molecule has 16 heavy (non-hydrogen) atoms. The number of aromatic amines is 1. The van der Waals surface area contributed by atoms with Crippen molar-refractivity contribution in [1.82, 2.24) is 9.97 Å². The normalized spacial score (nSPS) is 11.2. The zero-order valence-corrected chi connectivity index (χ0v) is 10.4. The van der Waals surface area contributed by atoms with Gasteiger partial charge in [0.05, 0.1) is 17.1 Å². The highest BCUT2D eigenvalue weighted by Gasteiger charge is 2.04. The largest absolute Gasteiger partial charge is 0.491 e. The predicted molar refractivity (Wildman–Crippen MR) is 69.4 cm³/mol. The number of hydrogen-bond acceptors (Lipinski definition) is 3. The molecule has 0 aliphatic rings. The maximum absolute atomic E-state index is 5.63. The standard InChI is InChI=1S/C12H16N2OS/c1-8(2)15-9-3-4-10-11(7-9)14-12(13-10)5-6-16/h3-4,7-8,16H,5-6H2,1-2H3,(H,13,14). The first-order valence-electron chi connectivity index (χ1n) is 5.45. The molecule has 0 spiro atoms. The lowest BCUT2D eigenvalue weighted by molar-refractivity contribution is 0.242. The van der Waals surface area contributed by atoms with Gasteiger partial charge >= 0.3 is 0 Å². The van der Waals surface area contributed by atoms with Crippen molar-refractivity contribution in [1.29, 1.82) is 0 Å². The number of imidazole rings is 1. The lowest BCUT2D eigenvalue weighted by Crippen LogP contribution is -2.05. The summed E-state index contributed by atoms with van der Waals surface area (Å²) in [5.74, 6) is 2.66.